The van der Waals surface area contributed by atoms with Gasteiger partial charge in [0.15, 0.2) is 0 Å². The molecule has 0 radical (unpaired) electrons. The summed E-state index contributed by atoms with van der Waals surface area (Å²) in [6, 6.07) is 51.1. The zero-order valence-corrected chi connectivity index (χ0v) is 25.1. The van der Waals surface area contributed by atoms with Crippen molar-refractivity contribution in [3.8, 4) is 27.9 Å². The largest absolute Gasteiger partial charge is 0.456 e. The number of rotatable bonds is 2. The number of hydrogen-bond donors (Lipinski definition) is 0. The molecule has 0 aliphatic heterocycles. The average molecular weight is 576 g/mol. The second kappa shape index (κ2) is 8.74. The van der Waals surface area contributed by atoms with Crippen LogP contribution in [0.3, 0.4) is 0 Å². The highest BCUT2D eigenvalue weighted by atomic mass is 16.3. The summed E-state index contributed by atoms with van der Waals surface area (Å²) in [6.45, 7) is 4.63. The molecular formula is C43H29NO. The second-order valence-electron chi connectivity index (χ2n) is 13.0. The van der Waals surface area contributed by atoms with Gasteiger partial charge in [-0.2, -0.15) is 0 Å². The third-order valence-corrected chi connectivity index (χ3v) is 10.2. The Morgan fingerprint density at radius 3 is 2.13 bits per heavy atom. The van der Waals surface area contributed by atoms with Gasteiger partial charge in [-0.25, -0.2) is 0 Å². The second-order valence-corrected chi connectivity index (χ2v) is 13.0. The zero-order chi connectivity index (χ0) is 29.9. The molecule has 7 aromatic carbocycles. The van der Waals surface area contributed by atoms with Gasteiger partial charge >= 0.3 is 0 Å². The van der Waals surface area contributed by atoms with E-state index in [1.165, 1.54) is 77.0 Å². The molecule has 2 heterocycles. The molecule has 0 unspecified atom stereocenters. The number of benzene rings is 7. The highest BCUT2D eigenvalue weighted by Crippen LogP contribution is 2.50. The normalized spacial score (nSPS) is 13.7. The topological polar surface area (TPSA) is 18.1 Å². The molecule has 0 fully saturated rings. The van der Waals surface area contributed by atoms with Crippen molar-refractivity contribution >= 4 is 54.5 Å². The van der Waals surface area contributed by atoms with E-state index in [2.05, 4.69) is 158 Å². The Hall–Kier alpha value is -5.60. The van der Waals surface area contributed by atoms with E-state index in [1.807, 2.05) is 0 Å². The molecule has 2 aromatic heterocycles. The van der Waals surface area contributed by atoms with Crippen LogP contribution in [0.4, 0.5) is 0 Å². The molecule has 2 heteroatoms. The van der Waals surface area contributed by atoms with Gasteiger partial charge in [0.1, 0.15) is 11.2 Å². The molecule has 0 bridgehead atoms. The average Bonchev–Trinajstić information content (AvgIpc) is 3.68. The van der Waals surface area contributed by atoms with Crippen LogP contribution < -0.4 is 0 Å². The quantitative estimate of drug-likeness (QED) is 0.200. The third kappa shape index (κ3) is 3.40. The Labute approximate surface area is 260 Å². The van der Waals surface area contributed by atoms with Crippen molar-refractivity contribution in [1.29, 1.82) is 0 Å². The van der Waals surface area contributed by atoms with Gasteiger partial charge in [-0.3, -0.25) is 0 Å². The molecule has 1 aliphatic carbocycles. The van der Waals surface area contributed by atoms with Crippen molar-refractivity contribution in [3.05, 3.63) is 151 Å². The predicted octanol–water partition coefficient (Wildman–Crippen LogP) is 11.8. The Balaban J connectivity index is 1.18. The van der Waals surface area contributed by atoms with E-state index in [4.69, 9.17) is 4.42 Å². The Morgan fingerprint density at radius 2 is 1.20 bits per heavy atom. The van der Waals surface area contributed by atoms with Crippen LogP contribution >= 0.6 is 0 Å². The van der Waals surface area contributed by atoms with Crippen LogP contribution in [0.15, 0.2) is 144 Å². The number of para-hydroxylation sites is 1. The number of fused-ring (bicyclic) bond motifs is 10. The lowest BCUT2D eigenvalue weighted by atomic mass is 9.82. The van der Waals surface area contributed by atoms with Crippen LogP contribution in [0.1, 0.15) is 25.0 Å². The van der Waals surface area contributed by atoms with Crippen LogP contribution in [0.2, 0.25) is 0 Å². The van der Waals surface area contributed by atoms with Gasteiger partial charge in [0.05, 0.1) is 11.0 Å². The Bertz CT molecular complexity index is 2680. The molecule has 1 aliphatic rings. The summed E-state index contributed by atoms with van der Waals surface area (Å²) in [7, 11) is 0. The SMILES string of the molecule is CC1(C)c2ccccc2-c2cc3c(cc21)oc1ccc(-c2ccc4c5ccccc5n(-c5ccc6ccccc6c5)c4c2)cc13. The van der Waals surface area contributed by atoms with E-state index >= 15 is 0 Å². The molecule has 0 saturated carbocycles. The van der Waals surface area contributed by atoms with E-state index in [-0.39, 0.29) is 5.41 Å². The van der Waals surface area contributed by atoms with Crippen LogP contribution in [-0.4, -0.2) is 4.57 Å². The predicted molar refractivity (Wildman–Crippen MR) is 189 cm³/mol. The number of nitrogens with zero attached hydrogens (tertiary/aromatic N) is 1. The molecule has 0 saturated heterocycles. The maximum absolute atomic E-state index is 6.48. The van der Waals surface area contributed by atoms with Crippen molar-refractivity contribution in [2.45, 2.75) is 19.3 Å². The Kier molecular flexibility index (Phi) is 4.82. The van der Waals surface area contributed by atoms with Gasteiger partial charge in [-0.1, -0.05) is 105 Å². The maximum atomic E-state index is 6.48. The van der Waals surface area contributed by atoms with Crippen molar-refractivity contribution in [2.24, 2.45) is 0 Å². The minimum absolute atomic E-state index is 0.0524. The monoisotopic (exact) mass is 575 g/mol. The van der Waals surface area contributed by atoms with Gasteiger partial charge < -0.3 is 8.98 Å². The van der Waals surface area contributed by atoms with Crippen molar-refractivity contribution in [3.63, 3.8) is 0 Å². The summed E-state index contributed by atoms with van der Waals surface area (Å²) < 4.78 is 8.89. The smallest absolute Gasteiger partial charge is 0.135 e. The summed E-state index contributed by atoms with van der Waals surface area (Å²) in [4.78, 5) is 0. The van der Waals surface area contributed by atoms with Gasteiger partial charge in [0, 0.05) is 32.6 Å². The Morgan fingerprint density at radius 1 is 0.467 bits per heavy atom. The lowest BCUT2D eigenvalue weighted by Crippen LogP contribution is -2.14. The third-order valence-electron chi connectivity index (χ3n) is 10.2. The molecule has 10 rings (SSSR count). The van der Waals surface area contributed by atoms with Crippen molar-refractivity contribution < 1.29 is 4.42 Å². The number of hydrogen-bond acceptors (Lipinski definition) is 1. The van der Waals surface area contributed by atoms with E-state index in [0.717, 1.165) is 16.6 Å². The van der Waals surface area contributed by atoms with E-state index in [0.29, 0.717) is 0 Å². The summed E-state index contributed by atoms with van der Waals surface area (Å²) >= 11 is 0. The first-order valence-corrected chi connectivity index (χ1v) is 15.7. The van der Waals surface area contributed by atoms with Gasteiger partial charge in [-0.05, 0) is 92.7 Å². The van der Waals surface area contributed by atoms with Gasteiger partial charge in [-0.15, -0.1) is 0 Å². The molecule has 45 heavy (non-hydrogen) atoms. The molecule has 0 atom stereocenters. The van der Waals surface area contributed by atoms with E-state index in [1.54, 1.807) is 0 Å². The zero-order valence-electron chi connectivity index (χ0n) is 25.1. The highest BCUT2D eigenvalue weighted by Gasteiger charge is 2.36. The molecular weight excluding hydrogens is 546 g/mol. The van der Waals surface area contributed by atoms with Crippen LogP contribution in [0.5, 0.6) is 0 Å². The lowest BCUT2D eigenvalue weighted by Gasteiger charge is -2.21. The summed E-state index contributed by atoms with van der Waals surface area (Å²) in [5, 5.41) is 7.34. The van der Waals surface area contributed by atoms with Gasteiger partial charge in [0.2, 0.25) is 0 Å². The summed E-state index contributed by atoms with van der Waals surface area (Å²) in [6.07, 6.45) is 0. The lowest BCUT2D eigenvalue weighted by molar-refractivity contribution is 0.647. The number of furan rings is 1. The minimum Gasteiger partial charge on any atom is -0.456 e. The number of aromatic nitrogens is 1. The first-order chi connectivity index (χ1) is 22.0. The van der Waals surface area contributed by atoms with Crippen molar-refractivity contribution in [2.75, 3.05) is 0 Å². The van der Waals surface area contributed by atoms with Gasteiger partial charge in [0.25, 0.3) is 0 Å². The first kappa shape index (κ1) is 24.8. The molecule has 212 valence electrons. The minimum atomic E-state index is -0.0524. The maximum Gasteiger partial charge on any atom is 0.135 e. The van der Waals surface area contributed by atoms with Crippen LogP contribution in [0.25, 0.3) is 82.5 Å². The molecule has 0 amide bonds. The highest BCUT2D eigenvalue weighted by molar-refractivity contribution is 6.12. The van der Waals surface area contributed by atoms with E-state index in [9.17, 15) is 0 Å². The van der Waals surface area contributed by atoms with Crippen LogP contribution in [0, 0.1) is 0 Å². The van der Waals surface area contributed by atoms with E-state index < -0.39 is 0 Å². The molecule has 9 aromatic rings. The fourth-order valence-electron chi connectivity index (χ4n) is 7.89. The summed E-state index contributed by atoms with van der Waals surface area (Å²) in [5.74, 6) is 0. The molecule has 2 nitrogen and oxygen atoms in total. The molecule has 0 spiro atoms. The standard InChI is InChI=1S/C43H29NO/c1-43(2)37-13-7-5-11-31(37)34-24-36-35-22-28(17-20-41(35)45-42(36)25-38(34)43)29-16-19-33-32-12-6-8-14-39(32)44(40(33)23-29)30-18-15-26-9-3-4-10-27(26)21-30/h3-25H,1-2H3. The molecule has 0 N–H and O–H groups in total. The first-order valence-electron chi connectivity index (χ1n) is 15.7. The fraction of sp³-hybridized carbons (Fsp3) is 0.0698. The van der Waals surface area contributed by atoms with Crippen molar-refractivity contribution in [1.82, 2.24) is 4.57 Å². The summed E-state index contributed by atoms with van der Waals surface area (Å²) in [5.41, 5.74) is 13.2. The van der Waals surface area contributed by atoms with Crippen LogP contribution in [-0.2, 0) is 5.41 Å². The fourth-order valence-corrected chi connectivity index (χ4v) is 7.89.